The van der Waals surface area contributed by atoms with Crippen LogP contribution in [-0.2, 0) is 34.1 Å². The van der Waals surface area contributed by atoms with Crippen LogP contribution in [0.15, 0.2) is 41.7 Å². The van der Waals surface area contributed by atoms with Crippen LogP contribution in [0.5, 0.6) is 0 Å². The fourth-order valence-electron chi connectivity index (χ4n) is 3.46. The maximum absolute atomic E-state index is 12.4. The van der Waals surface area contributed by atoms with Crippen molar-refractivity contribution in [2.24, 2.45) is 0 Å². The minimum absolute atomic E-state index is 0.158. The summed E-state index contributed by atoms with van der Waals surface area (Å²) in [5, 5.41) is 4.56. The number of halogens is 1. The molecule has 0 spiro atoms. The number of methoxy groups -OCH3 is 1. The Morgan fingerprint density at radius 1 is 1.26 bits per heavy atom. The van der Waals surface area contributed by atoms with Crippen molar-refractivity contribution < 1.29 is 17.9 Å². The Morgan fingerprint density at radius 2 is 2.00 bits per heavy atom. The number of carbonyl (C=O) groups is 1. The highest BCUT2D eigenvalue weighted by Gasteiger charge is 2.27. The lowest BCUT2D eigenvalue weighted by molar-refractivity contribution is 0.0591. The molecule has 3 aromatic rings. The SMILES string of the molecule is COC(=O)c1nn(-c2ccccc2)c(Cl)c1CN1CCc2nc(S(C)(=O)=O)ncc2C1. The van der Waals surface area contributed by atoms with E-state index in [0.717, 1.165) is 17.5 Å². The van der Waals surface area contributed by atoms with Crippen molar-refractivity contribution in [3.63, 3.8) is 0 Å². The zero-order valence-corrected chi connectivity index (χ0v) is 18.5. The number of carbonyl (C=O) groups excluding carboxylic acids is 1. The number of sulfone groups is 1. The molecule has 0 saturated heterocycles. The van der Waals surface area contributed by atoms with Gasteiger partial charge in [-0.2, -0.15) is 5.10 Å². The Kier molecular flexibility index (Phi) is 5.78. The van der Waals surface area contributed by atoms with Gasteiger partial charge in [-0.05, 0) is 12.1 Å². The fourth-order valence-corrected chi connectivity index (χ4v) is 4.27. The third kappa shape index (κ3) is 4.32. The first-order valence-electron chi connectivity index (χ1n) is 9.46. The first-order chi connectivity index (χ1) is 14.8. The molecule has 31 heavy (non-hydrogen) atoms. The van der Waals surface area contributed by atoms with Gasteiger partial charge in [-0.15, -0.1) is 0 Å². The minimum Gasteiger partial charge on any atom is -0.464 e. The summed E-state index contributed by atoms with van der Waals surface area (Å²) in [4.78, 5) is 22.6. The average Bonchev–Trinajstić information content (AvgIpc) is 3.09. The molecule has 0 radical (unpaired) electrons. The Morgan fingerprint density at radius 3 is 2.68 bits per heavy atom. The Bertz CT molecular complexity index is 1240. The maximum atomic E-state index is 12.4. The zero-order valence-electron chi connectivity index (χ0n) is 16.9. The highest BCUT2D eigenvalue weighted by Crippen LogP contribution is 2.28. The predicted octanol–water partition coefficient (Wildman–Crippen LogP) is 2.06. The van der Waals surface area contributed by atoms with Crippen molar-refractivity contribution in [3.8, 4) is 5.69 Å². The topological polar surface area (TPSA) is 107 Å². The van der Waals surface area contributed by atoms with E-state index in [2.05, 4.69) is 20.0 Å². The number of hydrogen-bond acceptors (Lipinski definition) is 8. The third-order valence-corrected chi connectivity index (χ3v) is 6.25. The molecule has 9 nitrogen and oxygen atoms in total. The molecule has 1 aliphatic rings. The standard InChI is InChI=1S/C20H20ClN5O4S/c1-30-19(27)17-15(18(21)26(24-17)14-6-4-3-5-7-14)12-25-9-8-16-13(11-25)10-22-20(23-16)31(2,28)29/h3-7,10H,8-9,11-12H2,1-2H3. The Balaban J connectivity index is 1.64. The summed E-state index contributed by atoms with van der Waals surface area (Å²) >= 11 is 6.63. The monoisotopic (exact) mass is 461 g/mol. The molecule has 0 N–H and O–H groups in total. The lowest BCUT2D eigenvalue weighted by atomic mass is 10.1. The van der Waals surface area contributed by atoms with Gasteiger partial charge in [0.2, 0.25) is 15.0 Å². The first kappa shape index (κ1) is 21.4. The van der Waals surface area contributed by atoms with E-state index in [1.165, 1.54) is 11.8 Å². The first-order valence-corrected chi connectivity index (χ1v) is 11.7. The Hall–Kier alpha value is -2.82. The van der Waals surface area contributed by atoms with Gasteiger partial charge in [-0.1, -0.05) is 29.8 Å². The lowest BCUT2D eigenvalue weighted by Gasteiger charge is -2.27. The van der Waals surface area contributed by atoms with Crippen LogP contribution in [0, 0.1) is 0 Å². The van der Waals surface area contributed by atoms with Gasteiger partial charge in [0.15, 0.2) is 5.69 Å². The van der Waals surface area contributed by atoms with Crippen LogP contribution in [0.1, 0.15) is 27.3 Å². The fraction of sp³-hybridized carbons (Fsp3) is 0.300. The summed E-state index contributed by atoms with van der Waals surface area (Å²) in [6.07, 6.45) is 3.18. The molecule has 11 heteroatoms. The maximum Gasteiger partial charge on any atom is 0.358 e. The lowest BCUT2D eigenvalue weighted by Crippen LogP contribution is -2.31. The van der Waals surface area contributed by atoms with Crippen molar-refractivity contribution in [3.05, 3.63) is 64.2 Å². The van der Waals surface area contributed by atoms with Crippen LogP contribution in [0.3, 0.4) is 0 Å². The van der Waals surface area contributed by atoms with Crippen molar-refractivity contribution in [2.75, 3.05) is 19.9 Å². The van der Waals surface area contributed by atoms with E-state index < -0.39 is 15.8 Å². The highest BCUT2D eigenvalue weighted by molar-refractivity contribution is 7.90. The molecule has 0 atom stereocenters. The quantitative estimate of drug-likeness (QED) is 0.419. The van der Waals surface area contributed by atoms with E-state index >= 15 is 0 Å². The average molecular weight is 462 g/mol. The van der Waals surface area contributed by atoms with Crippen molar-refractivity contribution in [1.29, 1.82) is 0 Å². The predicted molar refractivity (Wildman–Crippen MR) is 113 cm³/mol. The molecule has 162 valence electrons. The van der Waals surface area contributed by atoms with Crippen LogP contribution in [0.2, 0.25) is 5.15 Å². The van der Waals surface area contributed by atoms with Gasteiger partial charge in [0.25, 0.3) is 0 Å². The summed E-state index contributed by atoms with van der Waals surface area (Å²) in [6.45, 7) is 1.47. The molecule has 2 aromatic heterocycles. The summed E-state index contributed by atoms with van der Waals surface area (Å²) in [5.41, 5.74) is 3.01. The smallest absolute Gasteiger partial charge is 0.358 e. The van der Waals surface area contributed by atoms with Gasteiger partial charge in [0, 0.05) is 49.6 Å². The summed E-state index contributed by atoms with van der Waals surface area (Å²) < 4.78 is 29.8. The molecular weight excluding hydrogens is 442 g/mol. The summed E-state index contributed by atoms with van der Waals surface area (Å²) in [5.74, 6) is -0.565. The molecule has 1 aromatic carbocycles. The van der Waals surface area contributed by atoms with E-state index in [0.29, 0.717) is 42.5 Å². The second-order valence-electron chi connectivity index (χ2n) is 7.21. The molecular formula is C20H20ClN5O4S. The number of aromatic nitrogens is 4. The number of hydrogen-bond donors (Lipinski definition) is 0. The van der Waals surface area contributed by atoms with Gasteiger partial charge < -0.3 is 4.74 Å². The largest absolute Gasteiger partial charge is 0.464 e. The van der Waals surface area contributed by atoms with Gasteiger partial charge in [0.05, 0.1) is 18.5 Å². The third-order valence-electron chi connectivity index (χ3n) is 5.00. The second-order valence-corrected chi connectivity index (χ2v) is 9.48. The Labute approximate surface area is 184 Å². The van der Waals surface area contributed by atoms with E-state index in [9.17, 15) is 13.2 Å². The van der Waals surface area contributed by atoms with Crippen LogP contribution in [0.25, 0.3) is 5.69 Å². The highest BCUT2D eigenvalue weighted by atomic mass is 35.5. The van der Waals surface area contributed by atoms with Gasteiger partial charge in [-0.25, -0.2) is 27.9 Å². The molecule has 4 rings (SSSR count). The minimum atomic E-state index is -3.46. The number of ether oxygens (including phenoxy) is 1. The number of nitrogens with zero attached hydrogens (tertiary/aromatic N) is 5. The van der Waals surface area contributed by atoms with Crippen LogP contribution in [-0.4, -0.2) is 58.9 Å². The number of benzene rings is 1. The summed E-state index contributed by atoms with van der Waals surface area (Å²) in [7, 11) is -2.16. The molecule has 0 unspecified atom stereocenters. The van der Waals surface area contributed by atoms with E-state index in [4.69, 9.17) is 16.3 Å². The molecule has 0 fully saturated rings. The van der Waals surface area contributed by atoms with Crippen LogP contribution < -0.4 is 0 Å². The van der Waals surface area contributed by atoms with Gasteiger partial charge in [-0.3, -0.25) is 4.90 Å². The molecule has 0 bridgehead atoms. The van der Waals surface area contributed by atoms with Gasteiger partial charge >= 0.3 is 5.97 Å². The van der Waals surface area contributed by atoms with Crippen molar-refractivity contribution in [2.45, 2.75) is 24.7 Å². The van der Waals surface area contributed by atoms with Crippen LogP contribution in [0.4, 0.5) is 0 Å². The number of esters is 1. The number of rotatable bonds is 5. The zero-order chi connectivity index (χ0) is 22.2. The molecule has 0 saturated carbocycles. The normalized spacial score (nSPS) is 14.3. The number of para-hydroxylation sites is 1. The van der Waals surface area contributed by atoms with E-state index in [-0.39, 0.29) is 10.9 Å². The van der Waals surface area contributed by atoms with E-state index in [1.54, 1.807) is 6.20 Å². The second kappa shape index (κ2) is 8.37. The van der Waals surface area contributed by atoms with Crippen molar-refractivity contribution >= 4 is 27.4 Å². The van der Waals surface area contributed by atoms with Crippen molar-refractivity contribution in [1.82, 2.24) is 24.6 Å². The molecule has 0 amide bonds. The molecule has 1 aliphatic heterocycles. The molecule has 0 aliphatic carbocycles. The summed E-state index contributed by atoms with van der Waals surface area (Å²) in [6, 6.07) is 9.29. The van der Waals surface area contributed by atoms with Crippen LogP contribution >= 0.6 is 11.6 Å². The number of fused-ring (bicyclic) bond motifs is 1. The van der Waals surface area contributed by atoms with E-state index in [1.807, 2.05) is 30.3 Å². The van der Waals surface area contributed by atoms with Gasteiger partial charge in [0.1, 0.15) is 5.15 Å². The molecule has 3 heterocycles.